The van der Waals surface area contributed by atoms with E-state index in [1.807, 2.05) is 6.92 Å². The summed E-state index contributed by atoms with van der Waals surface area (Å²) >= 11 is 0. The molecule has 0 saturated carbocycles. The van der Waals surface area contributed by atoms with E-state index >= 15 is 0 Å². The van der Waals surface area contributed by atoms with Crippen molar-refractivity contribution >= 4 is 27.5 Å². The van der Waals surface area contributed by atoms with Gasteiger partial charge in [0.05, 0.1) is 5.69 Å². The van der Waals surface area contributed by atoms with Crippen LogP contribution in [0.3, 0.4) is 0 Å². The molecule has 0 fully saturated rings. The lowest BCUT2D eigenvalue weighted by molar-refractivity contribution is -0.116. The number of anilines is 2. The summed E-state index contributed by atoms with van der Waals surface area (Å²) in [4.78, 5) is 11.6. The zero-order valence-electron chi connectivity index (χ0n) is 10.6. The monoisotopic (exact) mass is 286 g/mol. The topological polar surface area (TPSA) is 127 Å². The van der Waals surface area contributed by atoms with Crippen molar-refractivity contribution in [1.82, 2.24) is 0 Å². The summed E-state index contributed by atoms with van der Waals surface area (Å²) in [5, 5.41) is 7.50. The van der Waals surface area contributed by atoms with Gasteiger partial charge in [0.1, 0.15) is 0 Å². The van der Waals surface area contributed by atoms with Gasteiger partial charge in [-0.1, -0.05) is 13.0 Å². The Bertz CT molecular complexity index is 545. The number of amides is 1. The maximum absolute atomic E-state index is 11.6. The Morgan fingerprint density at radius 2 is 2.00 bits per heavy atom. The third-order valence-electron chi connectivity index (χ3n) is 2.38. The quantitative estimate of drug-likeness (QED) is 0.602. The maximum atomic E-state index is 11.6. The maximum Gasteiger partial charge on any atom is 0.296 e. The molecule has 1 amide bonds. The predicted molar refractivity (Wildman–Crippen MR) is 74.7 cm³/mol. The molecule has 0 spiro atoms. The van der Waals surface area contributed by atoms with E-state index in [4.69, 9.17) is 10.9 Å². The van der Waals surface area contributed by atoms with Crippen LogP contribution in [0.1, 0.15) is 19.8 Å². The van der Waals surface area contributed by atoms with Crippen LogP contribution < -0.4 is 20.9 Å². The van der Waals surface area contributed by atoms with Crippen LogP contribution in [0.2, 0.25) is 0 Å². The smallest absolute Gasteiger partial charge is 0.296 e. The third kappa shape index (κ3) is 6.18. The molecule has 1 aromatic carbocycles. The van der Waals surface area contributed by atoms with E-state index in [0.29, 0.717) is 12.1 Å². The zero-order valence-corrected chi connectivity index (χ0v) is 11.4. The molecule has 7 nitrogen and oxygen atoms in total. The Balaban J connectivity index is 2.69. The van der Waals surface area contributed by atoms with Gasteiger partial charge in [0.25, 0.3) is 10.2 Å². The fraction of sp³-hybridized carbons (Fsp3) is 0.364. The zero-order chi connectivity index (χ0) is 14.5. The largest absolute Gasteiger partial charge is 0.327 e. The van der Waals surface area contributed by atoms with Crippen molar-refractivity contribution < 1.29 is 13.2 Å². The third-order valence-corrected chi connectivity index (χ3v) is 2.90. The molecule has 0 aliphatic rings. The Labute approximate surface area is 112 Å². The van der Waals surface area contributed by atoms with Crippen LogP contribution in [0.4, 0.5) is 11.4 Å². The molecule has 0 aliphatic heterocycles. The van der Waals surface area contributed by atoms with Crippen LogP contribution >= 0.6 is 0 Å². The molecule has 0 saturated heterocycles. The van der Waals surface area contributed by atoms with Crippen LogP contribution in [0.5, 0.6) is 0 Å². The van der Waals surface area contributed by atoms with Crippen LogP contribution in [-0.2, 0) is 15.0 Å². The van der Waals surface area contributed by atoms with Gasteiger partial charge in [0.2, 0.25) is 5.91 Å². The molecule has 0 radical (unpaired) electrons. The van der Waals surface area contributed by atoms with Gasteiger partial charge in [0, 0.05) is 18.2 Å². The minimum absolute atomic E-state index is 0.189. The summed E-state index contributed by atoms with van der Waals surface area (Å²) < 4.78 is 23.9. The second-order valence-electron chi connectivity index (χ2n) is 4.15. The lowest BCUT2D eigenvalue weighted by Crippen LogP contribution is -2.26. The number of hydrogen-bond donors (Lipinski definition) is 4. The number of nitrogens with two attached hydrogens (primary N) is 2. The highest BCUT2D eigenvalue weighted by molar-refractivity contribution is 7.90. The van der Waals surface area contributed by atoms with Gasteiger partial charge in [-0.05, 0) is 24.6 Å². The first-order chi connectivity index (χ1) is 8.80. The highest BCUT2D eigenvalue weighted by atomic mass is 32.2. The van der Waals surface area contributed by atoms with Crippen molar-refractivity contribution in [3.8, 4) is 0 Å². The molecule has 0 bridgehead atoms. The van der Waals surface area contributed by atoms with E-state index in [1.165, 1.54) is 12.1 Å². The molecule has 0 aromatic heterocycles. The van der Waals surface area contributed by atoms with Crippen molar-refractivity contribution in [1.29, 1.82) is 0 Å². The summed E-state index contributed by atoms with van der Waals surface area (Å²) in [5.74, 6) is -0.220. The standard InChI is InChI=1S/C11H18N4O3S/c1-2-8(12)6-11(16)14-9-4-3-5-10(7-9)15-19(13,17)18/h3-5,7-8,15H,2,6,12H2,1H3,(H,14,16)(H2,13,17,18). The van der Waals surface area contributed by atoms with Crippen LogP contribution in [0.15, 0.2) is 24.3 Å². The molecule has 0 aliphatic carbocycles. The van der Waals surface area contributed by atoms with E-state index in [0.717, 1.165) is 0 Å². The minimum Gasteiger partial charge on any atom is -0.327 e. The first kappa shape index (κ1) is 15.4. The molecule has 1 rings (SSSR count). The summed E-state index contributed by atoms with van der Waals surface area (Å²) in [6, 6.07) is 6.05. The van der Waals surface area contributed by atoms with Crippen LogP contribution in [-0.4, -0.2) is 20.4 Å². The van der Waals surface area contributed by atoms with Gasteiger partial charge < -0.3 is 11.1 Å². The lowest BCUT2D eigenvalue weighted by Gasteiger charge is -2.10. The van der Waals surface area contributed by atoms with E-state index in [2.05, 4.69) is 10.0 Å². The number of nitrogens with one attached hydrogen (secondary N) is 2. The highest BCUT2D eigenvalue weighted by Crippen LogP contribution is 2.16. The molecular formula is C11H18N4O3S. The highest BCUT2D eigenvalue weighted by Gasteiger charge is 2.09. The molecule has 6 N–H and O–H groups in total. The Hall–Kier alpha value is -1.64. The van der Waals surface area contributed by atoms with Gasteiger partial charge in [-0.2, -0.15) is 8.42 Å². The second kappa shape index (κ2) is 6.50. The normalized spacial score (nSPS) is 12.8. The van der Waals surface area contributed by atoms with Crippen molar-refractivity contribution in [2.45, 2.75) is 25.8 Å². The van der Waals surface area contributed by atoms with E-state index in [9.17, 15) is 13.2 Å². The molecule has 8 heteroatoms. The first-order valence-electron chi connectivity index (χ1n) is 5.76. The Morgan fingerprint density at radius 3 is 2.58 bits per heavy atom. The Kier molecular flexibility index (Phi) is 5.28. The van der Waals surface area contributed by atoms with Gasteiger partial charge in [0.15, 0.2) is 0 Å². The van der Waals surface area contributed by atoms with Crippen molar-refractivity contribution in [2.75, 3.05) is 10.0 Å². The fourth-order valence-corrected chi connectivity index (χ4v) is 1.87. The van der Waals surface area contributed by atoms with Crippen LogP contribution in [0, 0.1) is 0 Å². The number of carbonyl (C=O) groups excluding carboxylic acids is 1. The molecule has 19 heavy (non-hydrogen) atoms. The lowest BCUT2D eigenvalue weighted by atomic mass is 10.1. The van der Waals surface area contributed by atoms with Gasteiger partial charge >= 0.3 is 0 Å². The van der Waals surface area contributed by atoms with Crippen molar-refractivity contribution in [3.63, 3.8) is 0 Å². The first-order valence-corrected chi connectivity index (χ1v) is 7.31. The van der Waals surface area contributed by atoms with Gasteiger partial charge in [-0.3, -0.25) is 9.52 Å². The number of rotatable bonds is 6. The van der Waals surface area contributed by atoms with Crippen molar-refractivity contribution in [2.24, 2.45) is 10.9 Å². The summed E-state index contributed by atoms with van der Waals surface area (Å²) in [7, 11) is -3.83. The molecule has 1 atom stereocenters. The predicted octanol–water partition coefficient (Wildman–Crippen LogP) is 0.368. The summed E-state index contributed by atoms with van der Waals surface area (Å²) in [6.45, 7) is 1.90. The van der Waals surface area contributed by atoms with Crippen LogP contribution in [0.25, 0.3) is 0 Å². The second-order valence-corrected chi connectivity index (χ2v) is 5.44. The van der Waals surface area contributed by atoms with Gasteiger partial charge in [-0.25, -0.2) is 5.14 Å². The fourth-order valence-electron chi connectivity index (χ4n) is 1.42. The summed E-state index contributed by atoms with van der Waals surface area (Å²) in [6.07, 6.45) is 0.920. The molecule has 106 valence electrons. The van der Waals surface area contributed by atoms with E-state index in [1.54, 1.807) is 12.1 Å². The Morgan fingerprint density at radius 1 is 1.37 bits per heavy atom. The number of carbonyl (C=O) groups is 1. The average Bonchev–Trinajstić information content (AvgIpc) is 2.26. The van der Waals surface area contributed by atoms with Gasteiger partial charge in [-0.15, -0.1) is 0 Å². The average molecular weight is 286 g/mol. The SMILES string of the molecule is CCC(N)CC(=O)Nc1cccc(NS(N)(=O)=O)c1. The van der Waals surface area contributed by atoms with E-state index in [-0.39, 0.29) is 24.1 Å². The molecule has 1 aromatic rings. The molecular weight excluding hydrogens is 268 g/mol. The minimum atomic E-state index is -3.83. The molecule has 0 heterocycles. The number of benzene rings is 1. The van der Waals surface area contributed by atoms with Crippen molar-refractivity contribution in [3.05, 3.63) is 24.3 Å². The summed E-state index contributed by atoms with van der Waals surface area (Å²) in [5.41, 5.74) is 6.42. The number of hydrogen-bond acceptors (Lipinski definition) is 4. The molecule has 1 unspecified atom stereocenters. The van der Waals surface area contributed by atoms with E-state index < -0.39 is 10.2 Å².